The van der Waals surface area contributed by atoms with Crippen LogP contribution >= 0.6 is 0 Å². The molecule has 0 aliphatic heterocycles. The van der Waals surface area contributed by atoms with Crippen LogP contribution < -0.4 is 5.32 Å². The molecule has 200 valence electrons. The van der Waals surface area contributed by atoms with Gasteiger partial charge >= 0.3 is 5.97 Å². The molecule has 1 heterocycles. The number of nitrogens with zero attached hydrogens (tertiary/aromatic N) is 1. The fraction of sp³-hybridized carbons (Fsp3) is 0.200. The van der Waals surface area contributed by atoms with E-state index in [4.69, 9.17) is 5.11 Å². The number of aromatic amines is 1. The smallest absolute Gasteiger partial charge is 0.328 e. The average Bonchev–Trinajstić information content (AvgIpc) is 3.52. The zero-order valence-electron chi connectivity index (χ0n) is 21.4. The molecular formula is C30H29N3O5S. The molecule has 3 N–H and O–H groups in total. The van der Waals surface area contributed by atoms with Crippen molar-refractivity contribution < 1.29 is 23.1 Å². The molecule has 8 nitrogen and oxygen atoms in total. The second-order valence-electron chi connectivity index (χ2n) is 9.62. The summed E-state index contributed by atoms with van der Waals surface area (Å²) in [7, 11) is -3.89. The Kier molecular flexibility index (Phi) is 7.36. The number of H-pyrrole nitrogens is 1. The fourth-order valence-electron chi connectivity index (χ4n) is 5.25. The van der Waals surface area contributed by atoms with Crippen LogP contribution in [0.2, 0.25) is 0 Å². The number of carbonyl (C=O) groups is 2. The molecule has 0 spiro atoms. The van der Waals surface area contributed by atoms with Crippen LogP contribution in [-0.2, 0) is 32.5 Å². The molecule has 0 saturated carbocycles. The maximum atomic E-state index is 14.1. The lowest BCUT2D eigenvalue weighted by Gasteiger charge is -2.29. The summed E-state index contributed by atoms with van der Waals surface area (Å²) < 4.78 is 29.8. The second kappa shape index (κ2) is 10.9. The number of sulfonamides is 1. The minimum absolute atomic E-state index is 0.157. The van der Waals surface area contributed by atoms with E-state index in [0.717, 1.165) is 39.2 Å². The van der Waals surface area contributed by atoms with Crippen molar-refractivity contribution in [3.8, 4) is 0 Å². The summed E-state index contributed by atoms with van der Waals surface area (Å²) in [5.41, 5.74) is 5.28. The molecule has 0 saturated heterocycles. The number of para-hydroxylation sites is 1. The first-order valence-electron chi connectivity index (χ1n) is 12.7. The van der Waals surface area contributed by atoms with Crippen molar-refractivity contribution in [2.75, 3.05) is 11.9 Å². The summed E-state index contributed by atoms with van der Waals surface area (Å²) in [6.07, 6.45) is 6.41. The van der Waals surface area contributed by atoms with E-state index in [1.54, 1.807) is 16.4 Å². The van der Waals surface area contributed by atoms with Gasteiger partial charge in [0.25, 0.3) is 0 Å². The van der Waals surface area contributed by atoms with Gasteiger partial charge in [-0.15, -0.1) is 0 Å². The third-order valence-corrected chi connectivity index (χ3v) is 8.96. The van der Waals surface area contributed by atoms with Crippen LogP contribution in [0.1, 0.15) is 41.6 Å². The summed E-state index contributed by atoms with van der Waals surface area (Å²) in [5.74, 6) is -1.25. The van der Waals surface area contributed by atoms with E-state index in [9.17, 15) is 18.0 Å². The van der Waals surface area contributed by atoms with Crippen molar-refractivity contribution >= 4 is 44.6 Å². The minimum atomic E-state index is -3.89. The van der Waals surface area contributed by atoms with Crippen LogP contribution in [0.4, 0.5) is 5.69 Å². The van der Waals surface area contributed by atoms with Crippen LogP contribution in [0, 0.1) is 0 Å². The largest absolute Gasteiger partial charge is 0.478 e. The minimum Gasteiger partial charge on any atom is -0.478 e. The van der Waals surface area contributed by atoms with Crippen LogP contribution in [-0.4, -0.2) is 41.2 Å². The molecule has 1 aliphatic carbocycles. The van der Waals surface area contributed by atoms with E-state index < -0.39 is 16.0 Å². The fourth-order valence-corrected chi connectivity index (χ4v) is 6.88. The first-order valence-corrected chi connectivity index (χ1v) is 14.1. The number of fused-ring (bicyclic) bond motifs is 2. The highest BCUT2D eigenvalue weighted by Crippen LogP contribution is 2.39. The standard InChI is InChI=1S/C30H29N3O5S/c1-20(34)32-24-9-11-25(12-10-24)39(37,38)33(17-16-23-19-31-28-5-3-2-4-26(23)28)29-14-8-22-18-21(6-13-27(22)29)7-15-30(35)36/h2-7,9-13,15,18-19,29,31H,8,14,16-17H2,1H3,(H,32,34)(H,35,36). The van der Waals surface area contributed by atoms with Crippen LogP contribution in [0.25, 0.3) is 17.0 Å². The molecule has 1 atom stereocenters. The first kappa shape index (κ1) is 26.4. The molecule has 1 aliphatic rings. The van der Waals surface area contributed by atoms with Gasteiger partial charge in [0.1, 0.15) is 0 Å². The maximum absolute atomic E-state index is 14.1. The Hall–Kier alpha value is -4.21. The summed E-state index contributed by atoms with van der Waals surface area (Å²) >= 11 is 0. The Labute approximate surface area is 227 Å². The number of carboxylic acids is 1. The Morgan fingerprint density at radius 3 is 2.62 bits per heavy atom. The molecule has 1 amide bonds. The molecule has 0 fully saturated rings. The van der Waals surface area contributed by atoms with E-state index >= 15 is 0 Å². The zero-order valence-corrected chi connectivity index (χ0v) is 22.2. The predicted octanol–water partition coefficient (Wildman–Crippen LogP) is 5.15. The number of aromatic nitrogens is 1. The number of aliphatic carboxylic acids is 1. The van der Waals surface area contributed by atoms with Gasteiger partial charge in [0.05, 0.1) is 10.9 Å². The van der Waals surface area contributed by atoms with Crippen molar-refractivity contribution in [2.45, 2.75) is 37.1 Å². The highest BCUT2D eigenvalue weighted by atomic mass is 32.2. The third-order valence-electron chi connectivity index (χ3n) is 7.04. The quantitative estimate of drug-likeness (QED) is 0.252. The van der Waals surface area contributed by atoms with E-state index in [2.05, 4.69) is 10.3 Å². The number of aryl methyl sites for hydroxylation is 1. The predicted molar refractivity (Wildman–Crippen MR) is 151 cm³/mol. The number of hydrogen-bond acceptors (Lipinski definition) is 4. The number of carboxylic acid groups (broad SMARTS) is 1. The SMILES string of the molecule is CC(=O)Nc1ccc(S(=O)(=O)N(CCc2c[nH]c3ccccc23)C2CCc3cc(C=CC(=O)O)ccc32)cc1. The average molecular weight is 544 g/mol. The van der Waals surface area contributed by atoms with Gasteiger partial charge in [0, 0.05) is 42.3 Å². The van der Waals surface area contributed by atoms with Gasteiger partial charge in [-0.2, -0.15) is 4.31 Å². The Morgan fingerprint density at radius 1 is 1.10 bits per heavy atom. The molecule has 0 bridgehead atoms. The van der Waals surface area contributed by atoms with Gasteiger partial charge in [-0.1, -0.05) is 36.4 Å². The molecule has 1 aromatic heterocycles. The normalized spacial score (nSPS) is 15.2. The highest BCUT2D eigenvalue weighted by Gasteiger charge is 2.36. The van der Waals surface area contributed by atoms with Gasteiger partial charge in [0.2, 0.25) is 15.9 Å². The van der Waals surface area contributed by atoms with E-state index in [0.29, 0.717) is 24.9 Å². The Bertz CT molecular complexity index is 1670. The molecule has 39 heavy (non-hydrogen) atoms. The molecule has 3 aromatic carbocycles. The maximum Gasteiger partial charge on any atom is 0.328 e. The molecule has 0 radical (unpaired) electrons. The lowest BCUT2D eigenvalue weighted by molar-refractivity contribution is -0.131. The Morgan fingerprint density at radius 2 is 1.87 bits per heavy atom. The number of hydrogen-bond donors (Lipinski definition) is 3. The first-order chi connectivity index (χ1) is 18.7. The van der Waals surface area contributed by atoms with Crippen molar-refractivity contribution in [3.63, 3.8) is 0 Å². The lowest BCUT2D eigenvalue weighted by Crippen LogP contribution is -2.35. The van der Waals surface area contributed by atoms with E-state index in [1.807, 2.05) is 48.7 Å². The van der Waals surface area contributed by atoms with Crippen LogP contribution in [0.3, 0.4) is 0 Å². The number of rotatable bonds is 9. The van der Waals surface area contributed by atoms with Crippen molar-refractivity contribution in [1.29, 1.82) is 0 Å². The third kappa shape index (κ3) is 5.64. The van der Waals surface area contributed by atoms with Gasteiger partial charge in [-0.3, -0.25) is 4.79 Å². The number of carbonyl (C=O) groups excluding carboxylic acids is 1. The number of anilines is 1. The number of benzene rings is 3. The van der Waals surface area contributed by atoms with Crippen molar-refractivity contribution in [2.24, 2.45) is 0 Å². The Balaban J connectivity index is 1.49. The highest BCUT2D eigenvalue weighted by molar-refractivity contribution is 7.89. The topological polar surface area (TPSA) is 120 Å². The van der Waals surface area contributed by atoms with E-state index in [1.165, 1.54) is 25.1 Å². The molecular weight excluding hydrogens is 514 g/mol. The van der Waals surface area contributed by atoms with E-state index in [-0.39, 0.29) is 23.4 Å². The second-order valence-corrected chi connectivity index (χ2v) is 11.5. The lowest BCUT2D eigenvalue weighted by atomic mass is 10.0. The van der Waals surface area contributed by atoms with Gasteiger partial charge in [0.15, 0.2) is 0 Å². The summed E-state index contributed by atoms with van der Waals surface area (Å²) in [4.78, 5) is 25.8. The molecule has 9 heteroatoms. The van der Waals surface area contributed by atoms with Gasteiger partial charge < -0.3 is 15.4 Å². The summed E-state index contributed by atoms with van der Waals surface area (Å²) in [5, 5.41) is 12.7. The van der Waals surface area contributed by atoms with Crippen molar-refractivity contribution in [1.82, 2.24) is 9.29 Å². The molecule has 1 unspecified atom stereocenters. The van der Waals surface area contributed by atoms with Crippen LogP contribution in [0.15, 0.2) is 83.9 Å². The summed E-state index contributed by atoms with van der Waals surface area (Å²) in [6, 6.07) is 19.5. The monoisotopic (exact) mass is 543 g/mol. The molecule has 5 rings (SSSR count). The van der Waals surface area contributed by atoms with Gasteiger partial charge in [-0.05, 0) is 77.9 Å². The zero-order chi connectivity index (χ0) is 27.6. The number of amides is 1. The summed E-state index contributed by atoms with van der Waals surface area (Å²) in [6.45, 7) is 1.68. The van der Waals surface area contributed by atoms with Crippen LogP contribution in [0.5, 0.6) is 0 Å². The molecule has 4 aromatic rings. The van der Waals surface area contributed by atoms with Gasteiger partial charge in [-0.25, -0.2) is 13.2 Å². The van der Waals surface area contributed by atoms with Crippen molar-refractivity contribution in [3.05, 3.63) is 101 Å². The number of nitrogens with one attached hydrogen (secondary N) is 2.